The molecule has 0 atom stereocenters. The molecule has 0 bridgehead atoms. The molecule has 0 radical (unpaired) electrons. The first-order chi connectivity index (χ1) is 13.2. The van der Waals surface area contributed by atoms with Gasteiger partial charge in [0.25, 0.3) is 0 Å². The van der Waals surface area contributed by atoms with E-state index in [-0.39, 0.29) is 24.5 Å². The Morgan fingerprint density at radius 2 is 1.48 bits per heavy atom. The smallest absolute Gasteiger partial charge is 0.339 e. The van der Waals surface area contributed by atoms with E-state index < -0.39 is 5.97 Å². The van der Waals surface area contributed by atoms with Crippen molar-refractivity contribution in [1.29, 1.82) is 0 Å². The molecule has 1 N–H and O–H groups in total. The maximum atomic E-state index is 11.3. The van der Waals surface area contributed by atoms with Crippen molar-refractivity contribution in [2.24, 2.45) is 0 Å². The zero-order valence-electron chi connectivity index (χ0n) is 14.9. The highest BCUT2D eigenvalue weighted by Gasteiger charge is 2.16. The molecule has 0 aliphatic heterocycles. The number of hydrogen-bond acceptors (Lipinski definition) is 4. The molecule has 3 aromatic rings. The van der Waals surface area contributed by atoms with Crippen molar-refractivity contribution >= 4 is 5.97 Å². The number of carboxylic acids is 1. The average Bonchev–Trinajstić information content (AvgIpc) is 2.72. The van der Waals surface area contributed by atoms with E-state index in [9.17, 15) is 9.90 Å². The lowest BCUT2D eigenvalue weighted by molar-refractivity contribution is 0.0690. The van der Waals surface area contributed by atoms with Crippen LogP contribution < -0.4 is 14.2 Å². The van der Waals surface area contributed by atoms with Crippen molar-refractivity contribution in [3.05, 3.63) is 78.4 Å². The van der Waals surface area contributed by atoms with Crippen LogP contribution in [0.1, 0.15) is 10.4 Å². The van der Waals surface area contributed by atoms with Gasteiger partial charge in [-0.3, -0.25) is 0 Å². The van der Waals surface area contributed by atoms with E-state index >= 15 is 0 Å². The van der Waals surface area contributed by atoms with Crippen molar-refractivity contribution in [3.63, 3.8) is 0 Å². The van der Waals surface area contributed by atoms with Gasteiger partial charge in [0.1, 0.15) is 24.5 Å². The number of carbonyl (C=O) groups is 1. The highest BCUT2D eigenvalue weighted by molar-refractivity contribution is 5.92. The summed E-state index contributed by atoms with van der Waals surface area (Å²) in [6.07, 6.45) is 0. The van der Waals surface area contributed by atoms with Crippen LogP contribution in [0.3, 0.4) is 0 Å². The number of carboxylic acid groups (broad SMARTS) is 1. The molecule has 0 aliphatic rings. The fraction of sp³-hybridized carbons (Fsp3) is 0.136. The molecule has 138 valence electrons. The number of rotatable bonds is 8. The second kappa shape index (κ2) is 8.76. The maximum Gasteiger partial charge on any atom is 0.339 e. The molecular weight excluding hydrogens is 344 g/mol. The fourth-order valence-electron chi connectivity index (χ4n) is 2.67. The third-order valence-electron chi connectivity index (χ3n) is 3.99. The Morgan fingerprint density at radius 3 is 2.15 bits per heavy atom. The highest BCUT2D eigenvalue weighted by atomic mass is 16.5. The minimum Gasteiger partial charge on any atom is -0.493 e. The summed E-state index contributed by atoms with van der Waals surface area (Å²) in [5.74, 6) is 0.232. The molecule has 5 heteroatoms. The summed E-state index contributed by atoms with van der Waals surface area (Å²) in [6, 6.07) is 22.6. The summed E-state index contributed by atoms with van der Waals surface area (Å²) < 4.78 is 16.5. The van der Waals surface area contributed by atoms with Gasteiger partial charge in [-0.1, -0.05) is 48.5 Å². The molecule has 3 aromatic carbocycles. The molecule has 0 spiro atoms. The molecule has 5 nitrogen and oxygen atoms in total. The summed E-state index contributed by atoms with van der Waals surface area (Å²) in [7, 11) is 1.47. The van der Waals surface area contributed by atoms with Crippen molar-refractivity contribution in [3.8, 4) is 28.4 Å². The standard InChI is InChI=1S/C22H20O5/c1-25-20-9-5-8-19(22(23)24)21(20)27-15-14-26-18-12-10-17(11-13-18)16-6-3-2-4-7-16/h2-13H,14-15H2,1H3,(H,23,24). The van der Waals surface area contributed by atoms with Gasteiger partial charge in [-0.15, -0.1) is 0 Å². The van der Waals surface area contributed by atoms with Crippen LogP contribution in [0.5, 0.6) is 17.2 Å². The van der Waals surface area contributed by atoms with Crippen LogP contribution in [-0.4, -0.2) is 31.4 Å². The Balaban J connectivity index is 1.57. The van der Waals surface area contributed by atoms with Crippen LogP contribution in [0, 0.1) is 0 Å². The number of ether oxygens (including phenoxy) is 3. The lowest BCUT2D eigenvalue weighted by Crippen LogP contribution is -2.12. The predicted molar refractivity (Wildman–Crippen MR) is 103 cm³/mol. The van der Waals surface area contributed by atoms with Gasteiger partial charge in [0.05, 0.1) is 7.11 Å². The first-order valence-corrected chi connectivity index (χ1v) is 8.50. The van der Waals surface area contributed by atoms with Gasteiger partial charge in [0, 0.05) is 0 Å². The lowest BCUT2D eigenvalue weighted by atomic mass is 10.1. The normalized spacial score (nSPS) is 10.3. The summed E-state index contributed by atoms with van der Waals surface area (Å²) in [4.78, 5) is 11.3. The van der Waals surface area contributed by atoms with Crippen LogP contribution in [0.4, 0.5) is 0 Å². The Labute approximate surface area is 157 Å². The van der Waals surface area contributed by atoms with Crippen molar-refractivity contribution in [2.75, 3.05) is 20.3 Å². The zero-order chi connectivity index (χ0) is 19.1. The van der Waals surface area contributed by atoms with E-state index in [1.807, 2.05) is 42.5 Å². The van der Waals surface area contributed by atoms with E-state index in [0.29, 0.717) is 5.75 Å². The first-order valence-electron chi connectivity index (χ1n) is 8.50. The van der Waals surface area contributed by atoms with Gasteiger partial charge in [-0.25, -0.2) is 4.79 Å². The van der Waals surface area contributed by atoms with Crippen molar-refractivity contribution in [2.45, 2.75) is 0 Å². The molecule has 27 heavy (non-hydrogen) atoms. The van der Waals surface area contributed by atoms with Gasteiger partial charge < -0.3 is 19.3 Å². The molecular formula is C22H20O5. The third kappa shape index (κ3) is 4.58. The largest absolute Gasteiger partial charge is 0.493 e. The molecule has 3 rings (SSSR count). The maximum absolute atomic E-state index is 11.3. The van der Waals surface area contributed by atoms with E-state index in [1.54, 1.807) is 12.1 Å². The summed E-state index contributed by atoms with van der Waals surface area (Å²) in [6.45, 7) is 0.475. The molecule has 0 unspecified atom stereocenters. The number of para-hydroxylation sites is 1. The average molecular weight is 364 g/mol. The van der Waals surface area contributed by atoms with Crippen LogP contribution >= 0.6 is 0 Å². The second-order valence-electron chi connectivity index (χ2n) is 5.73. The Bertz CT molecular complexity index is 888. The van der Waals surface area contributed by atoms with Gasteiger partial charge in [-0.05, 0) is 35.4 Å². The number of hydrogen-bond donors (Lipinski definition) is 1. The van der Waals surface area contributed by atoms with Crippen LogP contribution in [0.15, 0.2) is 72.8 Å². The minimum absolute atomic E-state index is 0.0570. The number of benzene rings is 3. The van der Waals surface area contributed by atoms with E-state index in [2.05, 4.69) is 12.1 Å². The minimum atomic E-state index is -1.07. The molecule has 0 aliphatic carbocycles. The third-order valence-corrected chi connectivity index (χ3v) is 3.99. The van der Waals surface area contributed by atoms with Crippen LogP contribution in [0.2, 0.25) is 0 Å². The summed E-state index contributed by atoms with van der Waals surface area (Å²) in [5, 5.41) is 9.27. The molecule has 0 aromatic heterocycles. The highest BCUT2D eigenvalue weighted by Crippen LogP contribution is 2.31. The second-order valence-corrected chi connectivity index (χ2v) is 5.73. The van der Waals surface area contributed by atoms with Crippen molar-refractivity contribution in [1.82, 2.24) is 0 Å². The van der Waals surface area contributed by atoms with Gasteiger partial charge in [0.2, 0.25) is 0 Å². The van der Waals surface area contributed by atoms with Crippen LogP contribution in [-0.2, 0) is 0 Å². The molecule has 0 heterocycles. The lowest BCUT2D eigenvalue weighted by Gasteiger charge is -2.13. The zero-order valence-corrected chi connectivity index (χ0v) is 14.9. The topological polar surface area (TPSA) is 65.0 Å². The van der Waals surface area contributed by atoms with E-state index in [4.69, 9.17) is 14.2 Å². The molecule has 0 fully saturated rings. The van der Waals surface area contributed by atoms with Crippen LogP contribution in [0.25, 0.3) is 11.1 Å². The van der Waals surface area contributed by atoms with E-state index in [1.165, 1.54) is 13.2 Å². The van der Waals surface area contributed by atoms with Gasteiger partial charge in [0.15, 0.2) is 11.5 Å². The van der Waals surface area contributed by atoms with Gasteiger partial charge >= 0.3 is 5.97 Å². The Hall–Kier alpha value is -3.47. The van der Waals surface area contributed by atoms with Crippen molar-refractivity contribution < 1.29 is 24.1 Å². The van der Waals surface area contributed by atoms with Gasteiger partial charge in [-0.2, -0.15) is 0 Å². The fourth-order valence-corrected chi connectivity index (χ4v) is 2.67. The summed E-state index contributed by atoms with van der Waals surface area (Å²) >= 11 is 0. The molecule has 0 saturated carbocycles. The monoisotopic (exact) mass is 364 g/mol. The Kier molecular flexibility index (Phi) is 5.94. The SMILES string of the molecule is COc1cccc(C(=O)O)c1OCCOc1ccc(-c2ccccc2)cc1. The van der Waals surface area contributed by atoms with E-state index in [0.717, 1.165) is 16.9 Å². The number of methoxy groups -OCH3 is 1. The summed E-state index contributed by atoms with van der Waals surface area (Å²) in [5.41, 5.74) is 2.31. The number of aromatic carboxylic acids is 1. The first kappa shape index (κ1) is 18.3. The Morgan fingerprint density at radius 1 is 0.815 bits per heavy atom. The quantitative estimate of drug-likeness (QED) is 0.596. The predicted octanol–water partition coefficient (Wildman–Crippen LogP) is 4.52. The molecule has 0 saturated heterocycles. The molecule has 0 amide bonds.